The number of ether oxygens (including phenoxy) is 2. The van der Waals surface area contributed by atoms with Crippen molar-refractivity contribution < 1.29 is 14.3 Å². The van der Waals surface area contributed by atoms with Crippen molar-refractivity contribution in [2.24, 2.45) is 5.92 Å². The van der Waals surface area contributed by atoms with Gasteiger partial charge in [-0.1, -0.05) is 18.2 Å². The average molecular weight is 248 g/mol. The maximum Gasteiger partial charge on any atom is 0.313 e. The van der Waals surface area contributed by atoms with Crippen molar-refractivity contribution in [1.29, 1.82) is 0 Å². The minimum Gasteiger partial charge on any atom is -0.497 e. The van der Waals surface area contributed by atoms with Crippen LogP contribution >= 0.6 is 0 Å². The van der Waals surface area contributed by atoms with Crippen LogP contribution in [0, 0.1) is 5.92 Å². The minimum absolute atomic E-state index is 0.201. The topological polar surface area (TPSA) is 35.5 Å². The number of methoxy groups -OCH3 is 1. The first kappa shape index (κ1) is 14.3. The summed E-state index contributed by atoms with van der Waals surface area (Å²) in [4.78, 5) is 11.8. The Morgan fingerprint density at radius 2 is 2.17 bits per heavy atom. The third-order valence-electron chi connectivity index (χ3n) is 2.82. The first-order valence-corrected chi connectivity index (χ1v) is 6.11. The summed E-state index contributed by atoms with van der Waals surface area (Å²) in [7, 11) is 1.63. The van der Waals surface area contributed by atoms with E-state index in [1.54, 1.807) is 7.11 Å². The van der Waals surface area contributed by atoms with Crippen LogP contribution in [0.3, 0.4) is 0 Å². The van der Waals surface area contributed by atoms with E-state index in [0.29, 0.717) is 6.61 Å². The van der Waals surface area contributed by atoms with E-state index in [4.69, 9.17) is 9.47 Å². The largest absolute Gasteiger partial charge is 0.497 e. The molecule has 0 aliphatic carbocycles. The minimum atomic E-state index is -0.276. The SMILES string of the molecule is C/C=C(\c1cccc(OC)c1)[C@H](C)C(=O)OCC. The molecule has 1 atom stereocenters. The second kappa shape index (κ2) is 6.84. The fraction of sp³-hybridized carbons (Fsp3) is 0.400. The van der Waals surface area contributed by atoms with E-state index >= 15 is 0 Å². The molecule has 0 radical (unpaired) electrons. The van der Waals surface area contributed by atoms with Gasteiger partial charge in [0.15, 0.2) is 0 Å². The summed E-state index contributed by atoms with van der Waals surface area (Å²) < 4.78 is 10.2. The normalized spacial score (nSPS) is 13.0. The maximum atomic E-state index is 11.8. The number of allylic oxidation sites excluding steroid dienone is 1. The molecule has 3 nitrogen and oxygen atoms in total. The summed E-state index contributed by atoms with van der Waals surface area (Å²) in [5.41, 5.74) is 1.93. The molecule has 98 valence electrons. The molecule has 0 spiro atoms. The van der Waals surface area contributed by atoms with Crippen LogP contribution in [0.1, 0.15) is 26.3 Å². The molecule has 1 rings (SSSR count). The van der Waals surface area contributed by atoms with Gasteiger partial charge >= 0.3 is 5.97 Å². The van der Waals surface area contributed by atoms with Crippen molar-refractivity contribution in [1.82, 2.24) is 0 Å². The van der Waals surface area contributed by atoms with Crippen molar-refractivity contribution in [3.05, 3.63) is 35.9 Å². The number of benzene rings is 1. The Morgan fingerprint density at radius 3 is 2.72 bits per heavy atom. The molecule has 18 heavy (non-hydrogen) atoms. The predicted molar refractivity (Wildman–Crippen MR) is 72.4 cm³/mol. The monoisotopic (exact) mass is 248 g/mol. The highest BCUT2D eigenvalue weighted by molar-refractivity contribution is 5.88. The average Bonchev–Trinajstić information content (AvgIpc) is 2.40. The summed E-state index contributed by atoms with van der Waals surface area (Å²) in [6.45, 7) is 5.99. The van der Waals surface area contributed by atoms with Gasteiger partial charge in [-0.2, -0.15) is 0 Å². The van der Waals surface area contributed by atoms with Crippen molar-refractivity contribution >= 4 is 11.5 Å². The van der Waals surface area contributed by atoms with Gasteiger partial charge in [-0.25, -0.2) is 0 Å². The van der Waals surface area contributed by atoms with Crippen molar-refractivity contribution in [2.75, 3.05) is 13.7 Å². The molecule has 0 bridgehead atoms. The zero-order valence-corrected chi connectivity index (χ0v) is 11.4. The lowest BCUT2D eigenvalue weighted by atomic mass is 9.93. The summed E-state index contributed by atoms with van der Waals surface area (Å²) >= 11 is 0. The Labute approximate surface area is 108 Å². The number of hydrogen-bond acceptors (Lipinski definition) is 3. The third-order valence-corrected chi connectivity index (χ3v) is 2.82. The van der Waals surface area contributed by atoms with E-state index in [1.807, 2.05) is 51.1 Å². The molecule has 0 amide bonds. The van der Waals surface area contributed by atoms with Crippen LogP contribution in [0.5, 0.6) is 5.75 Å². The maximum absolute atomic E-state index is 11.8. The van der Waals surface area contributed by atoms with Gasteiger partial charge in [0.05, 0.1) is 19.6 Å². The van der Waals surface area contributed by atoms with Gasteiger partial charge in [0, 0.05) is 0 Å². The van der Waals surface area contributed by atoms with E-state index in [-0.39, 0.29) is 11.9 Å². The Hall–Kier alpha value is -1.77. The Kier molecular flexibility index (Phi) is 5.43. The molecule has 0 N–H and O–H groups in total. The second-order valence-corrected chi connectivity index (χ2v) is 3.95. The van der Waals surface area contributed by atoms with Crippen LogP contribution in [0.15, 0.2) is 30.3 Å². The number of esters is 1. The van der Waals surface area contributed by atoms with Crippen molar-refractivity contribution in [3.8, 4) is 5.75 Å². The highest BCUT2D eigenvalue weighted by Gasteiger charge is 2.19. The zero-order valence-electron chi connectivity index (χ0n) is 11.4. The summed E-state index contributed by atoms with van der Waals surface area (Å²) in [6, 6.07) is 7.68. The molecule has 0 aromatic heterocycles. The molecule has 0 aliphatic heterocycles. The van der Waals surface area contributed by atoms with Gasteiger partial charge in [-0.15, -0.1) is 0 Å². The Balaban J connectivity index is 2.99. The molecule has 0 fully saturated rings. The zero-order chi connectivity index (χ0) is 13.5. The molecule has 0 heterocycles. The Morgan fingerprint density at radius 1 is 1.44 bits per heavy atom. The van der Waals surface area contributed by atoms with Crippen LogP contribution in [0.4, 0.5) is 0 Å². The number of hydrogen-bond donors (Lipinski definition) is 0. The van der Waals surface area contributed by atoms with Gasteiger partial charge in [0.2, 0.25) is 0 Å². The lowest BCUT2D eigenvalue weighted by molar-refractivity contribution is -0.145. The molecule has 0 aliphatic rings. The van der Waals surface area contributed by atoms with E-state index in [1.165, 1.54) is 0 Å². The molecule has 1 aromatic carbocycles. The van der Waals surface area contributed by atoms with Gasteiger partial charge in [0.1, 0.15) is 5.75 Å². The van der Waals surface area contributed by atoms with Crippen LogP contribution in [-0.4, -0.2) is 19.7 Å². The molecule has 3 heteroatoms. The van der Waals surface area contributed by atoms with Gasteiger partial charge < -0.3 is 9.47 Å². The smallest absolute Gasteiger partial charge is 0.313 e. The molecule has 1 aromatic rings. The number of carbonyl (C=O) groups excluding carboxylic acids is 1. The lowest BCUT2D eigenvalue weighted by Gasteiger charge is -2.15. The molecular formula is C15H20O3. The van der Waals surface area contributed by atoms with Crippen molar-refractivity contribution in [3.63, 3.8) is 0 Å². The second-order valence-electron chi connectivity index (χ2n) is 3.95. The highest BCUT2D eigenvalue weighted by Crippen LogP contribution is 2.27. The summed E-state index contributed by atoms with van der Waals surface area (Å²) in [6.07, 6.45) is 1.94. The lowest BCUT2D eigenvalue weighted by Crippen LogP contribution is -2.16. The Bertz CT molecular complexity index is 435. The number of rotatable bonds is 5. The fourth-order valence-electron chi connectivity index (χ4n) is 1.86. The van der Waals surface area contributed by atoms with Gasteiger partial charge in [0.25, 0.3) is 0 Å². The third kappa shape index (κ3) is 3.36. The highest BCUT2D eigenvalue weighted by atomic mass is 16.5. The van der Waals surface area contributed by atoms with Crippen LogP contribution in [-0.2, 0) is 9.53 Å². The molecular weight excluding hydrogens is 228 g/mol. The van der Waals surface area contributed by atoms with Crippen LogP contribution in [0.25, 0.3) is 5.57 Å². The van der Waals surface area contributed by atoms with E-state index in [2.05, 4.69) is 0 Å². The van der Waals surface area contributed by atoms with Gasteiger partial charge in [-0.3, -0.25) is 4.79 Å². The summed E-state index contributed by atoms with van der Waals surface area (Å²) in [5, 5.41) is 0. The fourth-order valence-corrected chi connectivity index (χ4v) is 1.86. The molecule has 0 saturated heterocycles. The molecule has 0 unspecified atom stereocenters. The standard InChI is InChI=1S/C15H20O3/c1-5-14(11(3)15(16)18-6-2)12-8-7-9-13(10-12)17-4/h5,7-11H,6H2,1-4H3/b14-5-/t11-/m0/s1. The van der Waals surface area contributed by atoms with Crippen LogP contribution in [0.2, 0.25) is 0 Å². The van der Waals surface area contributed by atoms with Crippen LogP contribution < -0.4 is 4.74 Å². The van der Waals surface area contributed by atoms with Crippen molar-refractivity contribution in [2.45, 2.75) is 20.8 Å². The van der Waals surface area contributed by atoms with E-state index in [9.17, 15) is 4.79 Å². The quantitative estimate of drug-likeness (QED) is 0.750. The number of carbonyl (C=O) groups is 1. The van der Waals surface area contributed by atoms with E-state index < -0.39 is 0 Å². The first-order chi connectivity index (χ1) is 8.63. The van der Waals surface area contributed by atoms with Gasteiger partial charge in [-0.05, 0) is 44.0 Å². The summed E-state index contributed by atoms with van der Waals surface area (Å²) in [5.74, 6) is 0.304. The predicted octanol–water partition coefficient (Wildman–Crippen LogP) is 3.30. The molecule has 0 saturated carbocycles. The van der Waals surface area contributed by atoms with E-state index in [0.717, 1.165) is 16.9 Å². The first-order valence-electron chi connectivity index (χ1n) is 6.11.